The highest BCUT2D eigenvalue weighted by Crippen LogP contribution is 2.19. The number of hydrogen-bond acceptors (Lipinski definition) is 3. The standard InChI is InChI=1S/C13H18N2O2/c1-5-6-15(4)12-8-10(13(16)17)7-11(14-12)9(2)3/h5,7-9H,1,6H2,2-4H3,(H,16,17). The quantitative estimate of drug-likeness (QED) is 0.795. The summed E-state index contributed by atoms with van der Waals surface area (Å²) < 4.78 is 0. The van der Waals surface area contributed by atoms with Crippen LogP contribution in [0.2, 0.25) is 0 Å². The summed E-state index contributed by atoms with van der Waals surface area (Å²) in [5.74, 6) is -0.0683. The number of carbonyl (C=O) groups is 1. The summed E-state index contributed by atoms with van der Waals surface area (Å²) in [4.78, 5) is 17.4. The van der Waals surface area contributed by atoms with Gasteiger partial charge < -0.3 is 10.0 Å². The summed E-state index contributed by atoms with van der Waals surface area (Å²) in [6.07, 6.45) is 1.75. The van der Waals surface area contributed by atoms with Crippen molar-refractivity contribution in [2.75, 3.05) is 18.5 Å². The lowest BCUT2D eigenvalue weighted by Crippen LogP contribution is -2.19. The maximum Gasteiger partial charge on any atom is 0.335 e. The van der Waals surface area contributed by atoms with Gasteiger partial charge in [-0.2, -0.15) is 0 Å². The van der Waals surface area contributed by atoms with Gasteiger partial charge in [0.1, 0.15) is 5.82 Å². The number of hydrogen-bond donors (Lipinski definition) is 1. The molecule has 1 rings (SSSR count). The second-order valence-electron chi connectivity index (χ2n) is 4.27. The van der Waals surface area contributed by atoms with Crippen molar-refractivity contribution in [1.82, 2.24) is 4.98 Å². The molecule has 0 saturated carbocycles. The highest BCUT2D eigenvalue weighted by molar-refractivity contribution is 5.88. The van der Waals surface area contributed by atoms with E-state index in [1.807, 2.05) is 25.8 Å². The third kappa shape index (κ3) is 3.31. The second-order valence-corrected chi connectivity index (χ2v) is 4.27. The minimum atomic E-state index is -0.928. The molecule has 1 aromatic rings. The number of rotatable bonds is 5. The SMILES string of the molecule is C=CCN(C)c1cc(C(=O)O)cc(C(C)C)n1. The molecule has 0 aliphatic carbocycles. The van der Waals surface area contributed by atoms with Crippen molar-refractivity contribution < 1.29 is 9.90 Å². The Morgan fingerprint density at radius 2 is 2.24 bits per heavy atom. The summed E-state index contributed by atoms with van der Waals surface area (Å²) in [7, 11) is 1.86. The third-order valence-electron chi connectivity index (χ3n) is 2.46. The van der Waals surface area contributed by atoms with Crippen molar-refractivity contribution in [3.05, 3.63) is 36.0 Å². The number of pyridine rings is 1. The number of carboxylic acid groups (broad SMARTS) is 1. The van der Waals surface area contributed by atoms with Crippen LogP contribution in [0.1, 0.15) is 35.8 Å². The Balaban J connectivity index is 3.20. The van der Waals surface area contributed by atoms with Gasteiger partial charge in [0.15, 0.2) is 0 Å². The van der Waals surface area contributed by atoms with Crippen LogP contribution in [-0.2, 0) is 0 Å². The van der Waals surface area contributed by atoms with E-state index in [2.05, 4.69) is 11.6 Å². The summed E-state index contributed by atoms with van der Waals surface area (Å²) in [5.41, 5.74) is 1.06. The number of aromatic carboxylic acids is 1. The van der Waals surface area contributed by atoms with E-state index >= 15 is 0 Å². The van der Waals surface area contributed by atoms with Crippen LogP contribution in [-0.4, -0.2) is 29.7 Å². The molecule has 0 saturated heterocycles. The normalized spacial score (nSPS) is 10.4. The molecule has 0 bridgehead atoms. The smallest absolute Gasteiger partial charge is 0.335 e. The molecule has 1 N–H and O–H groups in total. The fraction of sp³-hybridized carbons (Fsp3) is 0.385. The van der Waals surface area contributed by atoms with Crippen molar-refractivity contribution >= 4 is 11.8 Å². The molecule has 0 radical (unpaired) electrons. The molecule has 1 heterocycles. The summed E-state index contributed by atoms with van der Waals surface area (Å²) in [6.45, 7) is 8.27. The van der Waals surface area contributed by atoms with Crippen molar-refractivity contribution in [1.29, 1.82) is 0 Å². The van der Waals surface area contributed by atoms with Gasteiger partial charge in [-0.25, -0.2) is 9.78 Å². The Labute approximate surface area is 102 Å². The van der Waals surface area contributed by atoms with E-state index in [1.54, 1.807) is 18.2 Å². The number of aromatic nitrogens is 1. The molecule has 0 fully saturated rings. The number of carboxylic acids is 1. The van der Waals surface area contributed by atoms with Gasteiger partial charge in [-0.1, -0.05) is 19.9 Å². The maximum absolute atomic E-state index is 11.0. The van der Waals surface area contributed by atoms with Crippen LogP contribution in [0.3, 0.4) is 0 Å². The predicted octanol–water partition coefficient (Wildman–Crippen LogP) is 2.53. The van der Waals surface area contributed by atoms with Crippen LogP contribution < -0.4 is 4.90 Å². The van der Waals surface area contributed by atoms with Crippen LogP contribution in [0.5, 0.6) is 0 Å². The fourth-order valence-electron chi connectivity index (χ4n) is 1.44. The van der Waals surface area contributed by atoms with Crippen molar-refractivity contribution in [3.8, 4) is 0 Å². The molecule has 1 aromatic heterocycles. The van der Waals surface area contributed by atoms with Gasteiger partial charge >= 0.3 is 5.97 Å². The first-order valence-corrected chi connectivity index (χ1v) is 5.53. The summed E-state index contributed by atoms with van der Waals surface area (Å²) in [6, 6.07) is 3.20. The number of nitrogens with zero attached hydrogens (tertiary/aromatic N) is 2. The second kappa shape index (κ2) is 5.48. The zero-order chi connectivity index (χ0) is 13.0. The Kier molecular flexibility index (Phi) is 4.26. The number of anilines is 1. The van der Waals surface area contributed by atoms with Gasteiger partial charge in [0, 0.05) is 19.3 Å². The Morgan fingerprint density at radius 1 is 1.59 bits per heavy atom. The van der Waals surface area contributed by atoms with Crippen LogP contribution in [0.25, 0.3) is 0 Å². The maximum atomic E-state index is 11.0. The third-order valence-corrected chi connectivity index (χ3v) is 2.46. The van der Waals surface area contributed by atoms with Crippen LogP contribution in [0.4, 0.5) is 5.82 Å². The molecule has 0 aromatic carbocycles. The predicted molar refractivity (Wildman–Crippen MR) is 68.8 cm³/mol. The lowest BCUT2D eigenvalue weighted by Gasteiger charge is -2.18. The van der Waals surface area contributed by atoms with E-state index in [0.29, 0.717) is 12.4 Å². The minimum absolute atomic E-state index is 0.199. The van der Waals surface area contributed by atoms with Crippen LogP contribution in [0.15, 0.2) is 24.8 Å². The van der Waals surface area contributed by atoms with E-state index in [0.717, 1.165) is 5.69 Å². The van der Waals surface area contributed by atoms with Gasteiger partial charge in [-0.3, -0.25) is 0 Å². The topological polar surface area (TPSA) is 53.4 Å². The monoisotopic (exact) mass is 234 g/mol. The van der Waals surface area contributed by atoms with Gasteiger partial charge in [0.2, 0.25) is 0 Å². The molecule has 0 spiro atoms. The lowest BCUT2D eigenvalue weighted by molar-refractivity contribution is 0.0696. The molecule has 17 heavy (non-hydrogen) atoms. The highest BCUT2D eigenvalue weighted by atomic mass is 16.4. The fourth-order valence-corrected chi connectivity index (χ4v) is 1.44. The van der Waals surface area contributed by atoms with E-state index in [1.165, 1.54) is 0 Å². The van der Waals surface area contributed by atoms with E-state index in [9.17, 15) is 4.79 Å². The molecule has 0 aliphatic rings. The van der Waals surface area contributed by atoms with E-state index in [4.69, 9.17) is 5.11 Å². The van der Waals surface area contributed by atoms with Gasteiger partial charge in [0.05, 0.1) is 5.56 Å². The molecule has 0 unspecified atom stereocenters. The Morgan fingerprint density at radius 3 is 2.71 bits per heavy atom. The largest absolute Gasteiger partial charge is 0.478 e. The van der Waals surface area contributed by atoms with Crippen molar-refractivity contribution in [2.24, 2.45) is 0 Å². The Hall–Kier alpha value is -1.84. The molecule has 0 amide bonds. The molecule has 92 valence electrons. The first-order chi connectivity index (χ1) is 7.95. The average Bonchev–Trinajstić information content (AvgIpc) is 2.28. The summed E-state index contributed by atoms with van der Waals surface area (Å²) >= 11 is 0. The highest BCUT2D eigenvalue weighted by Gasteiger charge is 2.12. The van der Waals surface area contributed by atoms with Crippen molar-refractivity contribution in [2.45, 2.75) is 19.8 Å². The molecule has 0 atom stereocenters. The van der Waals surface area contributed by atoms with E-state index in [-0.39, 0.29) is 11.5 Å². The molecule has 4 heteroatoms. The Bertz CT molecular complexity index is 427. The zero-order valence-corrected chi connectivity index (χ0v) is 10.5. The van der Waals surface area contributed by atoms with Gasteiger partial charge in [-0.05, 0) is 18.1 Å². The molecular weight excluding hydrogens is 216 g/mol. The van der Waals surface area contributed by atoms with Gasteiger partial charge in [0.25, 0.3) is 0 Å². The molecular formula is C13H18N2O2. The summed E-state index contributed by atoms with van der Waals surface area (Å²) in [5, 5.41) is 9.06. The first kappa shape index (κ1) is 13.2. The van der Waals surface area contributed by atoms with Gasteiger partial charge in [-0.15, -0.1) is 6.58 Å². The minimum Gasteiger partial charge on any atom is -0.478 e. The first-order valence-electron chi connectivity index (χ1n) is 5.53. The van der Waals surface area contributed by atoms with Crippen molar-refractivity contribution in [3.63, 3.8) is 0 Å². The van der Waals surface area contributed by atoms with Crippen LogP contribution in [0, 0.1) is 0 Å². The zero-order valence-electron chi connectivity index (χ0n) is 10.5. The van der Waals surface area contributed by atoms with Crippen LogP contribution >= 0.6 is 0 Å². The molecule has 0 aliphatic heterocycles. The average molecular weight is 234 g/mol. The molecule has 4 nitrogen and oxygen atoms in total. The van der Waals surface area contributed by atoms with E-state index < -0.39 is 5.97 Å². The number of likely N-dealkylation sites (N-methyl/N-ethyl adjacent to an activating group) is 1. The lowest BCUT2D eigenvalue weighted by atomic mass is 10.1.